The smallest absolute Gasteiger partial charge is 0.227 e. The number of halogens is 1. The van der Waals surface area contributed by atoms with Crippen LogP contribution in [0.25, 0.3) is 0 Å². The van der Waals surface area contributed by atoms with Gasteiger partial charge in [0.1, 0.15) is 5.75 Å². The minimum Gasteiger partial charge on any atom is -0.497 e. The molecule has 1 saturated carbocycles. The average Bonchev–Trinajstić information content (AvgIpc) is 2.27. The highest BCUT2D eigenvalue weighted by Gasteiger charge is 2.32. The van der Waals surface area contributed by atoms with E-state index in [2.05, 4.69) is 5.32 Å². The van der Waals surface area contributed by atoms with Crippen LogP contribution in [-0.4, -0.2) is 19.1 Å². The van der Waals surface area contributed by atoms with Crippen molar-refractivity contribution >= 4 is 23.2 Å². The minimum absolute atomic E-state index is 0.0150. The molecule has 1 aliphatic rings. The van der Waals surface area contributed by atoms with Gasteiger partial charge in [0.05, 0.1) is 17.8 Å². The van der Waals surface area contributed by atoms with Crippen LogP contribution in [0.3, 0.4) is 0 Å². The van der Waals surface area contributed by atoms with E-state index < -0.39 is 0 Å². The number of carbonyl (C=O) groups excluding carboxylic acids is 1. The summed E-state index contributed by atoms with van der Waals surface area (Å²) in [6.07, 6.45) is 1.50. The summed E-state index contributed by atoms with van der Waals surface area (Å²) in [5.74, 6) is 0.667. The van der Waals surface area contributed by atoms with Crippen LogP contribution >= 0.6 is 11.6 Å². The van der Waals surface area contributed by atoms with Crippen molar-refractivity contribution in [3.63, 3.8) is 0 Å². The Balaban J connectivity index is 2.01. The van der Waals surface area contributed by atoms with Gasteiger partial charge in [0, 0.05) is 18.0 Å². The van der Waals surface area contributed by atoms with Crippen molar-refractivity contribution in [3.8, 4) is 5.75 Å². The fourth-order valence-electron chi connectivity index (χ4n) is 1.83. The molecule has 1 amide bonds. The number of carbonyl (C=O) groups is 1. The average molecular weight is 255 g/mol. The Morgan fingerprint density at radius 2 is 2.24 bits per heavy atom. The standard InChI is InChI=1S/C12H15ClN2O2/c1-17-9-2-3-11(10(13)6-9)15-12(16)7-4-8(14)5-7/h2-3,6-8H,4-5,14H2,1H3,(H,15,16). The lowest BCUT2D eigenvalue weighted by Crippen LogP contribution is -2.42. The number of hydrogen-bond acceptors (Lipinski definition) is 3. The second-order valence-corrected chi connectivity index (χ2v) is 4.67. The van der Waals surface area contributed by atoms with E-state index in [0.717, 1.165) is 12.8 Å². The molecule has 3 N–H and O–H groups in total. The van der Waals surface area contributed by atoms with Crippen molar-refractivity contribution in [1.29, 1.82) is 0 Å². The number of hydrogen-bond donors (Lipinski definition) is 2. The minimum atomic E-state index is -0.0150. The largest absolute Gasteiger partial charge is 0.497 e. The summed E-state index contributed by atoms with van der Waals surface area (Å²) in [6, 6.07) is 5.33. The van der Waals surface area contributed by atoms with Gasteiger partial charge < -0.3 is 15.8 Å². The normalized spacial score (nSPS) is 22.8. The zero-order valence-corrected chi connectivity index (χ0v) is 10.3. The number of nitrogens with two attached hydrogens (primary N) is 1. The number of benzene rings is 1. The van der Waals surface area contributed by atoms with Gasteiger partial charge in [-0.1, -0.05) is 11.6 Å². The summed E-state index contributed by atoms with van der Waals surface area (Å²) in [7, 11) is 1.57. The molecule has 0 saturated heterocycles. The van der Waals surface area contributed by atoms with Crippen LogP contribution in [0, 0.1) is 5.92 Å². The third-order valence-electron chi connectivity index (χ3n) is 2.98. The molecular weight excluding hydrogens is 240 g/mol. The van der Waals surface area contributed by atoms with Gasteiger partial charge in [-0.15, -0.1) is 0 Å². The van der Waals surface area contributed by atoms with Crippen LogP contribution in [0.1, 0.15) is 12.8 Å². The van der Waals surface area contributed by atoms with Gasteiger partial charge in [-0.3, -0.25) is 4.79 Å². The van der Waals surface area contributed by atoms with Crippen LogP contribution < -0.4 is 15.8 Å². The van der Waals surface area contributed by atoms with Gasteiger partial charge in [0.25, 0.3) is 0 Å². The maximum atomic E-state index is 11.8. The predicted molar refractivity (Wildman–Crippen MR) is 67.3 cm³/mol. The van der Waals surface area contributed by atoms with Crippen LogP contribution in [0.2, 0.25) is 5.02 Å². The molecule has 92 valence electrons. The lowest BCUT2D eigenvalue weighted by molar-refractivity contribution is -0.122. The van der Waals surface area contributed by atoms with Crippen molar-refractivity contribution in [1.82, 2.24) is 0 Å². The van der Waals surface area contributed by atoms with Gasteiger partial charge in [-0.05, 0) is 25.0 Å². The second kappa shape index (κ2) is 4.94. The van der Waals surface area contributed by atoms with E-state index in [-0.39, 0.29) is 17.9 Å². The quantitative estimate of drug-likeness (QED) is 0.867. The zero-order valence-electron chi connectivity index (χ0n) is 9.57. The van der Waals surface area contributed by atoms with E-state index in [4.69, 9.17) is 22.1 Å². The van der Waals surface area contributed by atoms with Crippen molar-refractivity contribution in [3.05, 3.63) is 23.2 Å². The highest BCUT2D eigenvalue weighted by Crippen LogP contribution is 2.30. The predicted octanol–water partition coefficient (Wildman–Crippen LogP) is 2.02. The highest BCUT2D eigenvalue weighted by molar-refractivity contribution is 6.33. The van der Waals surface area contributed by atoms with Crippen LogP contribution in [0.15, 0.2) is 18.2 Å². The van der Waals surface area contributed by atoms with Gasteiger partial charge in [0.2, 0.25) is 5.91 Å². The van der Waals surface area contributed by atoms with Crippen LogP contribution in [-0.2, 0) is 4.79 Å². The van der Waals surface area contributed by atoms with E-state index in [9.17, 15) is 4.79 Å². The van der Waals surface area contributed by atoms with Crippen molar-refractivity contribution < 1.29 is 9.53 Å². The number of anilines is 1. The van der Waals surface area contributed by atoms with Crippen LogP contribution in [0.5, 0.6) is 5.75 Å². The monoisotopic (exact) mass is 254 g/mol. The number of methoxy groups -OCH3 is 1. The molecule has 1 fully saturated rings. The molecule has 0 aliphatic heterocycles. The lowest BCUT2D eigenvalue weighted by Gasteiger charge is -2.31. The summed E-state index contributed by atoms with van der Waals surface area (Å²) < 4.78 is 5.04. The Labute approximate surface area is 105 Å². The number of ether oxygens (including phenoxy) is 1. The zero-order chi connectivity index (χ0) is 12.4. The first-order valence-corrected chi connectivity index (χ1v) is 5.88. The third-order valence-corrected chi connectivity index (χ3v) is 3.29. The lowest BCUT2D eigenvalue weighted by atomic mass is 9.80. The summed E-state index contributed by atoms with van der Waals surface area (Å²) in [5, 5.41) is 3.28. The van der Waals surface area contributed by atoms with E-state index in [1.807, 2.05) is 0 Å². The number of rotatable bonds is 3. The summed E-state index contributed by atoms with van der Waals surface area (Å²) in [4.78, 5) is 11.8. The van der Waals surface area contributed by atoms with Crippen LogP contribution in [0.4, 0.5) is 5.69 Å². The van der Waals surface area contributed by atoms with E-state index in [1.165, 1.54) is 0 Å². The van der Waals surface area contributed by atoms with Gasteiger partial charge in [-0.2, -0.15) is 0 Å². The molecule has 17 heavy (non-hydrogen) atoms. The Morgan fingerprint density at radius 1 is 1.53 bits per heavy atom. The van der Waals surface area contributed by atoms with Gasteiger partial charge >= 0.3 is 0 Å². The molecule has 0 bridgehead atoms. The molecule has 1 aromatic rings. The SMILES string of the molecule is COc1ccc(NC(=O)C2CC(N)C2)c(Cl)c1. The fraction of sp³-hybridized carbons (Fsp3) is 0.417. The van der Waals surface area contributed by atoms with Gasteiger partial charge in [0.15, 0.2) is 0 Å². The molecule has 0 atom stereocenters. The summed E-state index contributed by atoms with van der Waals surface area (Å²) >= 11 is 6.03. The van der Waals surface area contributed by atoms with E-state index in [0.29, 0.717) is 16.5 Å². The fourth-order valence-corrected chi connectivity index (χ4v) is 2.05. The first-order chi connectivity index (χ1) is 8.10. The van der Waals surface area contributed by atoms with Crippen molar-refractivity contribution in [2.75, 3.05) is 12.4 Å². The molecular formula is C12H15ClN2O2. The first kappa shape index (κ1) is 12.2. The molecule has 2 rings (SSSR count). The Hall–Kier alpha value is -1.26. The molecule has 0 spiro atoms. The molecule has 1 aliphatic carbocycles. The molecule has 0 heterocycles. The Bertz CT molecular complexity index is 431. The van der Waals surface area contributed by atoms with E-state index >= 15 is 0 Å². The topological polar surface area (TPSA) is 64.3 Å². The molecule has 0 aromatic heterocycles. The van der Waals surface area contributed by atoms with Gasteiger partial charge in [-0.25, -0.2) is 0 Å². The number of amides is 1. The molecule has 1 aromatic carbocycles. The highest BCUT2D eigenvalue weighted by atomic mass is 35.5. The summed E-state index contributed by atoms with van der Waals surface area (Å²) in [5.41, 5.74) is 6.25. The molecule has 5 heteroatoms. The third kappa shape index (κ3) is 2.70. The maximum absolute atomic E-state index is 11.8. The molecule has 4 nitrogen and oxygen atoms in total. The first-order valence-electron chi connectivity index (χ1n) is 5.50. The van der Waals surface area contributed by atoms with E-state index in [1.54, 1.807) is 25.3 Å². The Morgan fingerprint density at radius 3 is 2.76 bits per heavy atom. The maximum Gasteiger partial charge on any atom is 0.227 e. The molecule has 0 unspecified atom stereocenters. The Kier molecular flexibility index (Phi) is 3.54. The molecule has 0 radical (unpaired) electrons. The summed E-state index contributed by atoms with van der Waals surface area (Å²) in [6.45, 7) is 0. The van der Waals surface area contributed by atoms with Crippen molar-refractivity contribution in [2.24, 2.45) is 11.7 Å². The van der Waals surface area contributed by atoms with Crippen molar-refractivity contribution in [2.45, 2.75) is 18.9 Å². The number of nitrogens with one attached hydrogen (secondary N) is 1. The second-order valence-electron chi connectivity index (χ2n) is 4.26.